The molecule has 1 amide bonds. The van der Waals surface area contributed by atoms with E-state index in [0.29, 0.717) is 25.9 Å². The molecular formula is C12H7BrCl2N2O. The van der Waals surface area contributed by atoms with Gasteiger partial charge in [-0.25, -0.2) is 4.98 Å². The molecule has 1 N–H and O–H groups in total. The van der Waals surface area contributed by atoms with Gasteiger partial charge in [0.05, 0.1) is 16.4 Å². The van der Waals surface area contributed by atoms with Crippen molar-refractivity contribution in [2.24, 2.45) is 0 Å². The molecule has 0 spiro atoms. The van der Waals surface area contributed by atoms with E-state index in [1.807, 2.05) is 0 Å². The average molecular weight is 346 g/mol. The van der Waals surface area contributed by atoms with Crippen LogP contribution in [0.15, 0.2) is 41.0 Å². The molecule has 0 aliphatic carbocycles. The summed E-state index contributed by atoms with van der Waals surface area (Å²) in [5, 5.41) is 3.64. The first-order valence-corrected chi connectivity index (χ1v) is 6.49. The molecule has 1 aromatic heterocycles. The smallest absolute Gasteiger partial charge is 0.255 e. The standard InChI is InChI=1S/C12H7BrCl2N2O/c13-10-5-9(6-16-11(10)15)17-12(18)7-1-3-8(14)4-2-7/h1-6H,(H,17,18). The maximum atomic E-state index is 11.9. The Morgan fingerprint density at radius 1 is 1.22 bits per heavy atom. The van der Waals surface area contributed by atoms with E-state index in [4.69, 9.17) is 23.2 Å². The largest absolute Gasteiger partial charge is 0.321 e. The Labute approximate surface area is 122 Å². The Kier molecular flexibility index (Phi) is 4.22. The lowest BCUT2D eigenvalue weighted by Gasteiger charge is -2.06. The van der Waals surface area contributed by atoms with Gasteiger partial charge in [-0.05, 0) is 46.3 Å². The SMILES string of the molecule is O=C(Nc1cnc(Cl)c(Br)c1)c1ccc(Cl)cc1. The molecule has 0 saturated heterocycles. The second-order valence-electron chi connectivity index (χ2n) is 3.46. The zero-order valence-electron chi connectivity index (χ0n) is 8.95. The molecule has 0 fully saturated rings. The summed E-state index contributed by atoms with van der Waals surface area (Å²) >= 11 is 14.8. The first-order valence-electron chi connectivity index (χ1n) is 4.94. The Morgan fingerprint density at radius 3 is 2.50 bits per heavy atom. The molecule has 0 atom stereocenters. The van der Waals surface area contributed by atoms with Crippen LogP contribution in [0.1, 0.15) is 10.4 Å². The molecule has 0 unspecified atom stereocenters. The van der Waals surface area contributed by atoms with Gasteiger partial charge >= 0.3 is 0 Å². The molecule has 2 aromatic rings. The van der Waals surface area contributed by atoms with Gasteiger partial charge in [0, 0.05) is 10.6 Å². The van der Waals surface area contributed by atoms with Crippen LogP contribution in [0.2, 0.25) is 10.2 Å². The summed E-state index contributed by atoms with van der Waals surface area (Å²) in [5.74, 6) is -0.234. The van der Waals surface area contributed by atoms with E-state index in [0.717, 1.165) is 0 Å². The molecule has 0 bridgehead atoms. The number of amides is 1. The summed E-state index contributed by atoms with van der Waals surface area (Å²) in [4.78, 5) is 15.8. The number of hydrogen-bond acceptors (Lipinski definition) is 2. The number of pyridine rings is 1. The average Bonchev–Trinajstić information content (AvgIpc) is 2.34. The van der Waals surface area contributed by atoms with Crippen molar-refractivity contribution in [2.75, 3.05) is 5.32 Å². The highest BCUT2D eigenvalue weighted by atomic mass is 79.9. The second-order valence-corrected chi connectivity index (χ2v) is 5.11. The maximum Gasteiger partial charge on any atom is 0.255 e. The van der Waals surface area contributed by atoms with Gasteiger partial charge in [0.15, 0.2) is 0 Å². The van der Waals surface area contributed by atoms with Gasteiger partial charge in [0.2, 0.25) is 0 Å². The van der Waals surface area contributed by atoms with Gasteiger partial charge < -0.3 is 5.32 Å². The van der Waals surface area contributed by atoms with Crippen LogP contribution in [-0.4, -0.2) is 10.9 Å². The first-order chi connectivity index (χ1) is 8.56. The minimum Gasteiger partial charge on any atom is -0.321 e. The van der Waals surface area contributed by atoms with Crippen molar-refractivity contribution in [3.05, 3.63) is 56.7 Å². The van der Waals surface area contributed by atoms with Crippen molar-refractivity contribution >= 4 is 50.7 Å². The lowest BCUT2D eigenvalue weighted by Crippen LogP contribution is -2.11. The third-order valence-corrected chi connectivity index (χ3v) is 3.55. The van der Waals surface area contributed by atoms with Crippen LogP contribution in [0, 0.1) is 0 Å². The van der Waals surface area contributed by atoms with Crippen LogP contribution in [0.3, 0.4) is 0 Å². The predicted octanol–water partition coefficient (Wildman–Crippen LogP) is 4.40. The molecule has 0 radical (unpaired) electrons. The molecule has 2 rings (SSSR count). The molecule has 1 heterocycles. The summed E-state index contributed by atoms with van der Waals surface area (Å²) in [7, 11) is 0. The van der Waals surface area contributed by atoms with Gasteiger partial charge in [0.25, 0.3) is 5.91 Å². The third-order valence-electron chi connectivity index (χ3n) is 2.16. The summed E-state index contributed by atoms with van der Waals surface area (Å²) < 4.78 is 0.623. The van der Waals surface area contributed by atoms with Crippen LogP contribution in [-0.2, 0) is 0 Å². The predicted molar refractivity (Wildman–Crippen MR) is 76.4 cm³/mol. The van der Waals surface area contributed by atoms with Crippen molar-refractivity contribution < 1.29 is 4.79 Å². The van der Waals surface area contributed by atoms with E-state index < -0.39 is 0 Å². The summed E-state index contributed by atoms with van der Waals surface area (Å²) in [6.45, 7) is 0. The number of benzene rings is 1. The van der Waals surface area contributed by atoms with Gasteiger partial charge in [0.1, 0.15) is 5.15 Å². The minimum absolute atomic E-state index is 0.234. The van der Waals surface area contributed by atoms with Gasteiger partial charge in [-0.3, -0.25) is 4.79 Å². The van der Waals surface area contributed by atoms with E-state index in [-0.39, 0.29) is 5.91 Å². The minimum atomic E-state index is -0.234. The summed E-state index contributed by atoms with van der Waals surface area (Å²) in [6, 6.07) is 8.30. The Balaban J connectivity index is 2.16. The zero-order valence-corrected chi connectivity index (χ0v) is 12.1. The van der Waals surface area contributed by atoms with Crippen molar-refractivity contribution in [1.29, 1.82) is 0 Å². The molecule has 3 nitrogen and oxygen atoms in total. The molecular weight excluding hydrogens is 339 g/mol. The number of anilines is 1. The normalized spacial score (nSPS) is 10.2. The van der Waals surface area contributed by atoms with Crippen molar-refractivity contribution in [3.63, 3.8) is 0 Å². The highest BCUT2D eigenvalue weighted by molar-refractivity contribution is 9.10. The van der Waals surface area contributed by atoms with Crippen LogP contribution in [0.5, 0.6) is 0 Å². The Morgan fingerprint density at radius 2 is 1.89 bits per heavy atom. The fourth-order valence-electron chi connectivity index (χ4n) is 1.29. The van der Waals surface area contributed by atoms with Gasteiger partial charge in [-0.1, -0.05) is 23.2 Å². The molecule has 0 saturated carbocycles. The monoisotopic (exact) mass is 344 g/mol. The van der Waals surface area contributed by atoms with Crippen LogP contribution < -0.4 is 5.32 Å². The Bertz CT molecular complexity index is 587. The van der Waals surface area contributed by atoms with E-state index in [2.05, 4.69) is 26.2 Å². The van der Waals surface area contributed by atoms with Crippen molar-refractivity contribution in [3.8, 4) is 0 Å². The van der Waals surface area contributed by atoms with Crippen LogP contribution >= 0.6 is 39.1 Å². The lowest BCUT2D eigenvalue weighted by molar-refractivity contribution is 0.102. The van der Waals surface area contributed by atoms with Crippen LogP contribution in [0.4, 0.5) is 5.69 Å². The molecule has 18 heavy (non-hydrogen) atoms. The number of halogens is 3. The number of rotatable bonds is 2. The van der Waals surface area contributed by atoms with Gasteiger partial charge in [-0.2, -0.15) is 0 Å². The Hall–Kier alpha value is -1.10. The van der Waals surface area contributed by atoms with Crippen molar-refractivity contribution in [2.45, 2.75) is 0 Å². The maximum absolute atomic E-state index is 11.9. The quantitative estimate of drug-likeness (QED) is 0.819. The van der Waals surface area contributed by atoms with Crippen LogP contribution in [0.25, 0.3) is 0 Å². The highest BCUT2D eigenvalue weighted by Crippen LogP contribution is 2.23. The number of hydrogen-bond donors (Lipinski definition) is 1. The lowest BCUT2D eigenvalue weighted by atomic mass is 10.2. The summed E-state index contributed by atoms with van der Waals surface area (Å²) in [5.41, 5.74) is 1.08. The zero-order chi connectivity index (χ0) is 13.1. The molecule has 92 valence electrons. The van der Waals surface area contributed by atoms with E-state index in [1.165, 1.54) is 6.20 Å². The fourth-order valence-corrected chi connectivity index (χ4v) is 1.87. The molecule has 0 aliphatic heterocycles. The first kappa shape index (κ1) is 13.3. The molecule has 1 aromatic carbocycles. The fraction of sp³-hybridized carbons (Fsp3) is 0. The molecule has 6 heteroatoms. The van der Waals surface area contributed by atoms with E-state index >= 15 is 0 Å². The summed E-state index contributed by atoms with van der Waals surface area (Å²) in [6.07, 6.45) is 1.49. The highest BCUT2D eigenvalue weighted by Gasteiger charge is 2.07. The number of carbonyl (C=O) groups excluding carboxylic acids is 1. The van der Waals surface area contributed by atoms with Gasteiger partial charge in [-0.15, -0.1) is 0 Å². The number of carbonyl (C=O) groups is 1. The van der Waals surface area contributed by atoms with Crippen molar-refractivity contribution in [1.82, 2.24) is 4.98 Å². The second kappa shape index (κ2) is 5.69. The topological polar surface area (TPSA) is 42.0 Å². The van der Waals surface area contributed by atoms with E-state index in [9.17, 15) is 4.79 Å². The third kappa shape index (κ3) is 3.22. The number of nitrogens with zero attached hydrogens (tertiary/aromatic N) is 1. The number of aromatic nitrogens is 1. The molecule has 0 aliphatic rings. The number of nitrogens with one attached hydrogen (secondary N) is 1. The van der Waals surface area contributed by atoms with E-state index in [1.54, 1.807) is 30.3 Å².